The van der Waals surface area contributed by atoms with Gasteiger partial charge in [0.2, 0.25) is 0 Å². The smallest absolute Gasteiger partial charge is 0.0991 e. The Kier molecular flexibility index (Phi) is 3.63. The predicted octanol–water partition coefficient (Wildman–Crippen LogP) is 3.96. The molecule has 3 heteroatoms. The van der Waals surface area contributed by atoms with Crippen LogP contribution in [0.4, 0.5) is 0 Å². The Morgan fingerprint density at radius 3 is 2.79 bits per heavy atom. The highest BCUT2D eigenvalue weighted by Crippen LogP contribution is 2.34. The highest BCUT2D eigenvalue weighted by Gasteiger charge is 2.25. The van der Waals surface area contributed by atoms with Gasteiger partial charge in [-0.15, -0.1) is 0 Å². The quantitative estimate of drug-likeness (QED) is 0.842. The summed E-state index contributed by atoms with van der Waals surface area (Å²) in [5.41, 5.74) is 3.48. The third-order valence-corrected chi connectivity index (χ3v) is 4.46. The minimum absolute atomic E-state index is 0.571. The first-order chi connectivity index (χ1) is 9.36. The van der Waals surface area contributed by atoms with Crippen molar-refractivity contribution in [1.82, 2.24) is 4.90 Å². The summed E-state index contributed by atoms with van der Waals surface area (Å²) >= 11 is 1.78. The minimum Gasteiger partial charge on any atom is -0.292 e. The molecule has 19 heavy (non-hydrogen) atoms. The molecule has 0 saturated carbocycles. The average Bonchev–Trinajstić information content (AvgIpc) is 3.10. The molecular formula is C16H16N2S. The number of likely N-dealkylation sites (tertiary alicyclic amines) is 1. The molecule has 0 spiro atoms. The van der Waals surface area contributed by atoms with E-state index in [0.717, 1.165) is 12.1 Å². The summed E-state index contributed by atoms with van der Waals surface area (Å²) < 4.78 is 0. The molecule has 2 nitrogen and oxygen atoms in total. The zero-order valence-corrected chi connectivity index (χ0v) is 11.6. The van der Waals surface area contributed by atoms with E-state index < -0.39 is 0 Å². The third-order valence-electron chi connectivity index (χ3n) is 3.76. The molecule has 1 atom stereocenters. The van der Waals surface area contributed by atoms with Gasteiger partial charge in [-0.05, 0) is 59.5 Å². The summed E-state index contributed by atoms with van der Waals surface area (Å²) in [5, 5.41) is 13.2. The van der Waals surface area contributed by atoms with E-state index in [2.05, 4.69) is 39.9 Å². The number of nitrogens with zero attached hydrogens (tertiary/aromatic N) is 2. The van der Waals surface area contributed by atoms with Crippen LogP contribution in [0.1, 0.15) is 35.6 Å². The van der Waals surface area contributed by atoms with Crippen LogP contribution in [0.2, 0.25) is 0 Å². The molecule has 3 rings (SSSR count). The van der Waals surface area contributed by atoms with E-state index in [-0.39, 0.29) is 0 Å². The van der Waals surface area contributed by atoms with Crippen LogP contribution in [0.5, 0.6) is 0 Å². The van der Waals surface area contributed by atoms with Gasteiger partial charge in [0.05, 0.1) is 11.6 Å². The van der Waals surface area contributed by atoms with E-state index in [9.17, 15) is 0 Å². The van der Waals surface area contributed by atoms with Crippen molar-refractivity contribution >= 4 is 11.3 Å². The van der Waals surface area contributed by atoms with E-state index >= 15 is 0 Å². The lowest BCUT2D eigenvalue weighted by Gasteiger charge is -2.24. The van der Waals surface area contributed by atoms with E-state index in [1.807, 2.05) is 12.1 Å². The summed E-state index contributed by atoms with van der Waals surface area (Å²) in [5.74, 6) is 0. The second kappa shape index (κ2) is 5.56. The fraction of sp³-hybridized carbons (Fsp3) is 0.312. The second-order valence-electron chi connectivity index (χ2n) is 4.99. The van der Waals surface area contributed by atoms with E-state index in [1.54, 1.807) is 11.3 Å². The number of hydrogen-bond donors (Lipinski definition) is 0. The molecule has 0 bridgehead atoms. The van der Waals surface area contributed by atoms with Crippen molar-refractivity contribution in [1.29, 1.82) is 5.26 Å². The van der Waals surface area contributed by atoms with Crippen LogP contribution in [0.25, 0.3) is 0 Å². The monoisotopic (exact) mass is 268 g/mol. The standard InChI is InChI=1S/C16H16N2S/c17-10-13-3-5-14(6-4-13)11-18-8-1-2-16(18)15-7-9-19-12-15/h3-7,9,12,16H,1-2,8,11H2/t16-/m1/s1. The van der Waals surface area contributed by atoms with E-state index in [0.29, 0.717) is 6.04 Å². The first kappa shape index (κ1) is 12.4. The van der Waals surface area contributed by atoms with Crippen molar-refractivity contribution in [3.05, 3.63) is 57.8 Å². The molecule has 1 aromatic heterocycles. The van der Waals surface area contributed by atoms with Gasteiger partial charge in [0.25, 0.3) is 0 Å². The third kappa shape index (κ3) is 2.70. The van der Waals surface area contributed by atoms with Gasteiger partial charge in [0.15, 0.2) is 0 Å². The fourth-order valence-electron chi connectivity index (χ4n) is 2.78. The molecule has 0 N–H and O–H groups in total. The van der Waals surface area contributed by atoms with Crippen molar-refractivity contribution in [2.75, 3.05) is 6.54 Å². The van der Waals surface area contributed by atoms with Gasteiger partial charge in [-0.1, -0.05) is 12.1 Å². The molecule has 1 saturated heterocycles. The molecule has 0 unspecified atom stereocenters. The van der Waals surface area contributed by atoms with Gasteiger partial charge < -0.3 is 0 Å². The Labute approximate surface area is 117 Å². The number of rotatable bonds is 3. The van der Waals surface area contributed by atoms with Crippen molar-refractivity contribution in [2.45, 2.75) is 25.4 Å². The molecule has 0 amide bonds. The maximum absolute atomic E-state index is 8.82. The summed E-state index contributed by atoms with van der Waals surface area (Å²) in [7, 11) is 0. The van der Waals surface area contributed by atoms with Crippen LogP contribution in [0.15, 0.2) is 41.1 Å². The molecule has 2 heterocycles. The van der Waals surface area contributed by atoms with Gasteiger partial charge in [-0.3, -0.25) is 4.90 Å². The molecule has 1 aromatic carbocycles. The Bertz CT molecular complexity index is 566. The van der Waals surface area contributed by atoms with Crippen LogP contribution < -0.4 is 0 Å². The van der Waals surface area contributed by atoms with Crippen molar-refractivity contribution in [3.63, 3.8) is 0 Å². The van der Waals surface area contributed by atoms with Gasteiger partial charge in [-0.25, -0.2) is 0 Å². The molecule has 1 fully saturated rings. The maximum atomic E-state index is 8.82. The van der Waals surface area contributed by atoms with E-state index in [1.165, 1.54) is 30.5 Å². The Hall–Kier alpha value is -1.63. The van der Waals surface area contributed by atoms with Crippen LogP contribution in [0.3, 0.4) is 0 Å². The van der Waals surface area contributed by atoms with E-state index in [4.69, 9.17) is 5.26 Å². The highest BCUT2D eigenvalue weighted by atomic mass is 32.1. The van der Waals surface area contributed by atoms with Crippen LogP contribution >= 0.6 is 11.3 Å². The molecule has 96 valence electrons. The predicted molar refractivity (Wildman–Crippen MR) is 77.9 cm³/mol. The topological polar surface area (TPSA) is 27.0 Å². The van der Waals surface area contributed by atoms with Crippen molar-refractivity contribution in [2.24, 2.45) is 0 Å². The Morgan fingerprint density at radius 1 is 1.26 bits per heavy atom. The van der Waals surface area contributed by atoms with Crippen LogP contribution in [-0.2, 0) is 6.54 Å². The Balaban J connectivity index is 1.73. The molecule has 0 radical (unpaired) electrons. The summed E-state index contributed by atoms with van der Waals surface area (Å²) in [4.78, 5) is 2.55. The highest BCUT2D eigenvalue weighted by molar-refractivity contribution is 7.07. The van der Waals surface area contributed by atoms with Gasteiger partial charge in [0, 0.05) is 12.6 Å². The SMILES string of the molecule is N#Cc1ccc(CN2CCC[C@@H]2c2ccsc2)cc1. The molecule has 2 aromatic rings. The van der Waals surface area contributed by atoms with Gasteiger partial charge >= 0.3 is 0 Å². The maximum Gasteiger partial charge on any atom is 0.0991 e. The number of thiophene rings is 1. The summed E-state index contributed by atoms with van der Waals surface area (Å²) in [6, 6.07) is 12.9. The molecular weight excluding hydrogens is 252 g/mol. The lowest BCUT2D eigenvalue weighted by molar-refractivity contribution is 0.249. The number of benzene rings is 1. The molecule has 1 aliphatic rings. The first-order valence-corrected chi connectivity index (χ1v) is 7.56. The molecule has 0 aliphatic carbocycles. The zero-order chi connectivity index (χ0) is 13.1. The fourth-order valence-corrected chi connectivity index (χ4v) is 3.48. The van der Waals surface area contributed by atoms with Crippen LogP contribution in [-0.4, -0.2) is 11.4 Å². The number of hydrogen-bond acceptors (Lipinski definition) is 3. The summed E-state index contributed by atoms with van der Waals surface area (Å²) in [6.45, 7) is 2.15. The van der Waals surface area contributed by atoms with Crippen molar-refractivity contribution < 1.29 is 0 Å². The summed E-state index contributed by atoms with van der Waals surface area (Å²) in [6.07, 6.45) is 2.53. The lowest BCUT2D eigenvalue weighted by atomic mass is 10.1. The average molecular weight is 268 g/mol. The number of nitriles is 1. The second-order valence-corrected chi connectivity index (χ2v) is 5.77. The molecule has 1 aliphatic heterocycles. The van der Waals surface area contributed by atoms with Gasteiger partial charge in [0.1, 0.15) is 0 Å². The largest absolute Gasteiger partial charge is 0.292 e. The zero-order valence-electron chi connectivity index (χ0n) is 10.7. The Morgan fingerprint density at radius 2 is 2.11 bits per heavy atom. The van der Waals surface area contributed by atoms with Crippen LogP contribution in [0, 0.1) is 11.3 Å². The lowest BCUT2D eigenvalue weighted by Crippen LogP contribution is -2.22. The van der Waals surface area contributed by atoms with Gasteiger partial charge in [-0.2, -0.15) is 16.6 Å². The normalized spacial score (nSPS) is 19.4. The minimum atomic E-state index is 0.571. The van der Waals surface area contributed by atoms with Crippen molar-refractivity contribution in [3.8, 4) is 6.07 Å². The first-order valence-electron chi connectivity index (χ1n) is 6.62.